The van der Waals surface area contributed by atoms with Crippen LogP contribution in [0.3, 0.4) is 0 Å². The average molecular weight is 392 g/mol. The lowest BCUT2D eigenvalue weighted by Gasteiger charge is -2.27. The lowest BCUT2D eigenvalue weighted by atomic mass is 10.2. The highest BCUT2D eigenvalue weighted by atomic mass is 35.5. The third-order valence-electron chi connectivity index (χ3n) is 4.04. The summed E-state index contributed by atoms with van der Waals surface area (Å²) >= 11 is 0. The first-order valence-corrected chi connectivity index (χ1v) is 7.80. The highest BCUT2D eigenvalue weighted by Crippen LogP contribution is 2.21. The molecule has 4 N–H and O–H groups in total. The summed E-state index contributed by atoms with van der Waals surface area (Å²) in [6, 6.07) is 3.58. The van der Waals surface area contributed by atoms with Gasteiger partial charge in [0.1, 0.15) is 11.9 Å². The SMILES string of the molecule is Cl.Cl.NC[C@H]1CC[C@@H](C(=O)Nc2ccc(N3CCNC(=O)C3)nc2)O1. The van der Waals surface area contributed by atoms with E-state index in [0.29, 0.717) is 31.7 Å². The van der Waals surface area contributed by atoms with E-state index in [1.54, 1.807) is 18.3 Å². The van der Waals surface area contributed by atoms with Gasteiger partial charge in [-0.3, -0.25) is 9.59 Å². The summed E-state index contributed by atoms with van der Waals surface area (Å²) in [6.07, 6.45) is 2.60. The van der Waals surface area contributed by atoms with Gasteiger partial charge >= 0.3 is 0 Å². The first kappa shape index (κ1) is 21.4. The summed E-state index contributed by atoms with van der Waals surface area (Å²) in [5.41, 5.74) is 6.16. The molecule has 2 saturated heterocycles. The Morgan fingerprint density at radius 1 is 1.40 bits per heavy atom. The number of hydrogen-bond acceptors (Lipinski definition) is 6. The van der Waals surface area contributed by atoms with E-state index in [0.717, 1.165) is 18.8 Å². The fourth-order valence-electron chi connectivity index (χ4n) is 2.78. The minimum absolute atomic E-state index is 0. The first-order chi connectivity index (χ1) is 11.2. The zero-order valence-electron chi connectivity index (χ0n) is 13.6. The second kappa shape index (κ2) is 9.76. The van der Waals surface area contributed by atoms with Crippen LogP contribution in [0.5, 0.6) is 0 Å². The number of hydrogen-bond donors (Lipinski definition) is 3. The number of piperazine rings is 1. The predicted octanol–water partition coefficient (Wildman–Crippen LogP) is 0.306. The molecule has 1 aromatic heterocycles. The summed E-state index contributed by atoms with van der Waals surface area (Å²) in [6.45, 7) is 2.07. The van der Waals surface area contributed by atoms with Crippen LogP contribution >= 0.6 is 24.8 Å². The second-order valence-corrected chi connectivity index (χ2v) is 5.73. The van der Waals surface area contributed by atoms with Gasteiger partial charge in [-0.25, -0.2) is 4.98 Å². The maximum absolute atomic E-state index is 12.1. The van der Waals surface area contributed by atoms with Crippen LogP contribution in [0.1, 0.15) is 12.8 Å². The predicted molar refractivity (Wildman–Crippen MR) is 99.5 cm³/mol. The molecule has 3 heterocycles. The molecule has 25 heavy (non-hydrogen) atoms. The average Bonchev–Trinajstić information content (AvgIpc) is 3.05. The van der Waals surface area contributed by atoms with E-state index < -0.39 is 6.10 Å². The Morgan fingerprint density at radius 2 is 2.20 bits per heavy atom. The Balaban J connectivity index is 0.00000156. The molecule has 3 rings (SSSR count). The van der Waals surface area contributed by atoms with Gasteiger partial charge in [0.15, 0.2) is 0 Å². The van der Waals surface area contributed by atoms with Crippen molar-refractivity contribution in [1.82, 2.24) is 10.3 Å². The number of pyridine rings is 1. The molecular weight excluding hydrogens is 369 g/mol. The van der Waals surface area contributed by atoms with E-state index in [-0.39, 0.29) is 42.7 Å². The first-order valence-electron chi connectivity index (χ1n) is 7.80. The Bertz CT molecular complexity index is 587. The molecule has 10 heteroatoms. The molecule has 0 bridgehead atoms. The minimum Gasteiger partial charge on any atom is -0.364 e. The van der Waals surface area contributed by atoms with Crippen molar-refractivity contribution < 1.29 is 14.3 Å². The molecule has 2 aliphatic heterocycles. The van der Waals surface area contributed by atoms with E-state index >= 15 is 0 Å². The van der Waals surface area contributed by atoms with Crippen LogP contribution in [0.2, 0.25) is 0 Å². The summed E-state index contributed by atoms with van der Waals surface area (Å²) in [4.78, 5) is 29.8. The molecule has 140 valence electrons. The van der Waals surface area contributed by atoms with Crippen LogP contribution in [0.15, 0.2) is 18.3 Å². The van der Waals surface area contributed by atoms with Crippen LogP contribution in [-0.4, -0.2) is 55.2 Å². The van der Waals surface area contributed by atoms with Gasteiger partial charge in [-0.05, 0) is 25.0 Å². The van der Waals surface area contributed by atoms with Crippen molar-refractivity contribution in [3.63, 3.8) is 0 Å². The van der Waals surface area contributed by atoms with Crippen LogP contribution in [0.25, 0.3) is 0 Å². The normalized spacial score (nSPS) is 22.4. The lowest BCUT2D eigenvalue weighted by Crippen LogP contribution is -2.48. The zero-order chi connectivity index (χ0) is 16.2. The highest BCUT2D eigenvalue weighted by Gasteiger charge is 2.29. The molecule has 0 aliphatic carbocycles. The Labute approximate surface area is 158 Å². The maximum Gasteiger partial charge on any atom is 0.253 e. The van der Waals surface area contributed by atoms with E-state index in [1.807, 2.05) is 4.90 Å². The standard InChI is InChI=1S/C15H21N5O3.2ClH/c16-7-11-2-3-12(23-11)15(22)19-10-1-4-13(18-8-10)20-6-5-17-14(21)9-20;;/h1,4,8,11-12H,2-3,5-7,9,16H2,(H,17,21)(H,19,22);2*1H/t11-,12+;;/m1../s1. The molecule has 2 amide bonds. The smallest absolute Gasteiger partial charge is 0.253 e. The fraction of sp³-hybridized carbons (Fsp3) is 0.533. The molecule has 2 atom stereocenters. The molecule has 0 aromatic carbocycles. The molecule has 0 radical (unpaired) electrons. The van der Waals surface area contributed by atoms with Crippen LogP contribution in [0, 0.1) is 0 Å². The molecule has 2 fully saturated rings. The van der Waals surface area contributed by atoms with Gasteiger partial charge in [0.2, 0.25) is 5.91 Å². The summed E-state index contributed by atoms with van der Waals surface area (Å²) in [5.74, 6) is 0.536. The number of carbonyl (C=O) groups is 2. The number of anilines is 2. The maximum atomic E-state index is 12.1. The van der Waals surface area contributed by atoms with Gasteiger partial charge in [0, 0.05) is 19.6 Å². The highest BCUT2D eigenvalue weighted by molar-refractivity contribution is 5.94. The van der Waals surface area contributed by atoms with Crippen LogP contribution in [0.4, 0.5) is 11.5 Å². The van der Waals surface area contributed by atoms with Crippen molar-refractivity contribution in [2.24, 2.45) is 5.73 Å². The van der Waals surface area contributed by atoms with Crippen molar-refractivity contribution in [2.45, 2.75) is 25.0 Å². The molecular formula is C15H23Cl2N5O3. The van der Waals surface area contributed by atoms with Crippen LogP contribution < -0.4 is 21.3 Å². The molecule has 0 saturated carbocycles. The third kappa shape index (κ3) is 5.43. The van der Waals surface area contributed by atoms with Gasteiger partial charge in [-0.1, -0.05) is 0 Å². The molecule has 8 nitrogen and oxygen atoms in total. The number of nitrogens with two attached hydrogens (primary N) is 1. The number of carbonyl (C=O) groups excluding carboxylic acids is 2. The van der Waals surface area contributed by atoms with Crippen molar-refractivity contribution in [2.75, 3.05) is 36.4 Å². The van der Waals surface area contributed by atoms with E-state index in [1.165, 1.54) is 0 Å². The number of amides is 2. The number of nitrogens with one attached hydrogen (secondary N) is 2. The summed E-state index contributed by atoms with van der Waals surface area (Å²) < 4.78 is 5.57. The van der Waals surface area contributed by atoms with E-state index in [2.05, 4.69) is 15.6 Å². The number of halogens is 2. The Hall–Kier alpha value is -1.61. The molecule has 0 spiro atoms. The van der Waals surface area contributed by atoms with Crippen molar-refractivity contribution >= 4 is 48.1 Å². The molecule has 2 aliphatic rings. The Morgan fingerprint density at radius 3 is 2.80 bits per heavy atom. The molecule has 1 aromatic rings. The topological polar surface area (TPSA) is 110 Å². The number of ether oxygens (including phenoxy) is 1. The molecule has 0 unspecified atom stereocenters. The number of rotatable bonds is 4. The van der Waals surface area contributed by atoms with Crippen molar-refractivity contribution in [3.8, 4) is 0 Å². The van der Waals surface area contributed by atoms with Crippen molar-refractivity contribution in [3.05, 3.63) is 18.3 Å². The largest absolute Gasteiger partial charge is 0.364 e. The van der Waals surface area contributed by atoms with Gasteiger partial charge < -0.3 is 26.0 Å². The van der Waals surface area contributed by atoms with Gasteiger partial charge in [-0.15, -0.1) is 24.8 Å². The lowest BCUT2D eigenvalue weighted by molar-refractivity contribution is -0.126. The summed E-state index contributed by atoms with van der Waals surface area (Å²) in [5, 5.41) is 5.57. The zero-order valence-corrected chi connectivity index (χ0v) is 15.3. The van der Waals surface area contributed by atoms with Gasteiger partial charge in [-0.2, -0.15) is 0 Å². The Kier molecular flexibility index (Phi) is 8.37. The van der Waals surface area contributed by atoms with Gasteiger partial charge in [0.05, 0.1) is 24.5 Å². The third-order valence-corrected chi connectivity index (χ3v) is 4.04. The van der Waals surface area contributed by atoms with Crippen LogP contribution in [-0.2, 0) is 14.3 Å². The minimum atomic E-state index is -0.450. The fourth-order valence-corrected chi connectivity index (χ4v) is 2.78. The quantitative estimate of drug-likeness (QED) is 0.680. The monoisotopic (exact) mass is 391 g/mol. The van der Waals surface area contributed by atoms with Crippen molar-refractivity contribution in [1.29, 1.82) is 0 Å². The van der Waals surface area contributed by atoms with E-state index in [9.17, 15) is 9.59 Å². The summed E-state index contributed by atoms with van der Waals surface area (Å²) in [7, 11) is 0. The van der Waals surface area contributed by atoms with Gasteiger partial charge in [0.25, 0.3) is 5.91 Å². The second-order valence-electron chi connectivity index (χ2n) is 5.73. The number of aromatic nitrogens is 1. The number of nitrogens with zero attached hydrogens (tertiary/aromatic N) is 2. The van der Waals surface area contributed by atoms with E-state index in [4.69, 9.17) is 10.5 Å².